The van der Waals surface area contributed by atoms with Gasteiger partial charge in [-0.05, 0) is 42.5 Å². The summed E-state index contributed by atoms with van der Waals surface area (Å²) in [4.78, 5) is 4.35. The van der Waals surface area contributed by atoms with Gasteiger partial charge in [0.15, 0.2) is 0 Å². The predicted molar refractivity (Wildman–Crippen MR) is 99.1 cm³/mol. The summed E-state index contributed by atoms with van der Waals surface area (Å²) in [6, 6.07) is 6.83. The topological polar surface area (TPSA) is 85.1 Å². The zero-order chi connectivity index (χ0) is 18.9. The molecule has 9 heteroatoms. The summed E-state index contributed by atoms with van der Waals surface area (Å²) in [7, 11) is -3.95. The summed E-state index contributed by atoms with van der Waals surface area (Å²) >= 11 is 1.52. The summed E-state index contributed by atoms with van der Waals surface area (Å²) < 4.78 is 47.5. The number of benzene rings is 1. The number of nitrogens with one attached hydrogen (secondary N) is 1. The fourth-order valence-corrected chi connectivity index (χ4v) is 5.48. The number of nitrogens with zero attached hydrogens (tertiary/aromatic N) is 2. The van der Waals surface area contributed by atoms with Crippen molar-refractivity contribution in [3.63, 3.8) is 0 Å². The zero-order valence-electron chi connectivity index (χ0n) is 14.4. The molecule has 142 valence electrons. The van der Waals surface area contributed by atoms with Gasteiger partial charge in [0.05, 0.1) is 4.90 Å². The van der Waals surface area contributed by atoms with Crippen molar-refractivity contribution in [3.8, 4) is 11.4 Å². The Balaban J connectivity index is 1.71. The quantitative estimate of drug-likeness (QED) is 0.689. The molecule has 4 rings (SSSR count). The molecule has 3 aromatic rings. The number of halogens is 1. The van der Waals surface area contributed by atoms with Crippen molar-refractivity contribution >= 4 is 21.4 Å². The molecule has 0 amide bonds. The van der Waals surface area contributed by atoms with Gasteiger partial charge in [0.1, 0.15) is 11.4 Å². The third-order valence-corrected chi connectivity index (χ3v) is 6.98. The van der Waals surface area contributed by atoms with Gasteiger partial charge in [-0.2, -0.15) is 21.0 Å². The second kappa shape index (κ2) is 7.14. The number of rotatable bonds is 5. The molecule has 0 saturated heterocycles. The molecule has 0 unspecified atom stereocenters. The summed E-state index contributed by atoms with van der Waals surface area (Å²) in [5.41, 5.74) is -0.154. The van der Waals surface area contributed by atoms with Gasteiger partial charge in [0.25, 0.3) is 0 Å². The first-order chi connectivity index (χ1) is 13.0. The van der Waals surface area contributed by atoms with E-state index in [1.165, 1.54) is 29.5 Å². The van der Waals surface area contributed by atoms with E-state index >= 15 is 0 Å². The van der Waals surface area contributed by atoms with Crippen LogP contribution >= 0.6 is 11.3 Å². The van der Waals surface area contributed by atoms with E-state index in [0.717, 1.165) is 30.9 Å². The number of hydrogen-bond acceptors (Lipinski definition) is 6. The lowest BCUT2D eigenvalue weighted by Crippen LogP contribution is -2.47. The van der Waals surface area contributed by atoms with Gasteiger partial charge < -0.3 is 4.52 Å². The zero-order valence-corrected chi connectivity index (χ0v) is 16.0. The molecule has 0 radical (unpaired) electrons. The smallest absolute Gasteiger partial charge is 0.248 e. The van der Waals surface area contributed by atoms with E-state index < -0.39 is 21.4 Å². The van der Waals surface area contributed by atoms with Crippen LogP contribution in [0.3, 0.4) is 0 Å². The Bertz CT molecular complexity index is 1030. The van der Waals surface area contributed by atoms with E-state index in [1.54, 1.807) is 0 Å². The molecule has 1 saturated carbocycles. The van der Waals surface area contributed by atoms with E-state index in [1.807, 2.05) is 16.8 Å². The highest BCUT2D eigenvalue weighted by Crippen LogP contribution is 2.38. The van der Waals surface area contributed by atoms with Crippen molar-refractivity contribution in [2.75, 3.05) is 0 Å². The first kappa shape index (κ1) is 18.3. The molecule has 0 atom stereocenters. The highest BCUT2D eigenvalue weighted by Gasteiger charge is 2.43. The Kier molecular flexibility index (Phi) is 4.83. The van der Waals surface area contributed by atoms with Crippen molar-refractivity contribution in [1.29, 1.82) is 0 Å². The Morgan fingerprint density at radius 2 is 2.00 bits per heavy atom. The second-order valence-electron chi connectivity index (χ2n) is 6.64. The summed E-state index contributed by atoms with van der Waals surface area (Å²) in [6.45, 7) is 0. The van der Waals surface area contributed by atoms with Crippen molar-refractivity contribution < 1.29 is 17.3 Å². The molecule has 1 aliphatic rings. The molecule has 27 heavy (non-hydrogen) atoms. The monoisotopic (exact) mass is 407 g/mol. The molecule has 1 aliphatic carbocycles. The Hall–Kier alpha value is -2.10. The highest BCUT2D eigenvalue weighted by atomic mass is 32.2. The third-order valence-electron chi connectivity index (χ3n) is 4.76. The Morgan fingerprint density at radius 1 is 1.19 bits per heavy atom. The maximum atomic E-state index is 13.5. The minimum absolute atomic E-state index is 0.120. The normalized spacial score (nSPS) is 17.1. The average molecular weight is 407 g/mol. The van der Waals surface area contributed by atoms with E-state index in [2.05, 4.69) is 14.9 Å². The number of thiophene rings is 1. The molecule has 0 spiro atoms. The lowest BCUT2D eigenvalue weighted by Gasteiger charge is -2.34. The molecular formula is C18H18FN3O3S2. The van der Waals surface area contributed by atoms with Crippen molar-refractivity contribution in [2.45, 2.75) is 42.5 Å². The molecule has 0 aliphatic heterocycles. The van der Waals surface area contributed by atoms with Crippen LogP contribution in [0.1, 0.15) is 38.0 Å². The summed E-state index contributed by atoms with van der Waals surface area (Å²) in [5.74, 6) is 0.0811. The summed E-state index contributed by atoms with van der Waals surface area (Å²) in [5, 5.41) is 7.83. The molecule has 1 aromatic carbocycles. The lowest BCUT2D eigenvalue weighted by atomic mass is 9.82. The molecule has 0 bridgehead atoms. The van der Waals surface area contributed by atoms with Crippen molar-refractivity contribution in [2.24, 2.45) is 0 Å². The van der Waals surface area contributed by atoms with Crippen LogP contribution in [0.25, 0.3) is 11.4 Å². The van der Waals surface area contributed by atoms with Gasteiger partial charge in [-0.25, -0.2) is 12.8 Å². The third kappa shape index (κ3) is 3.67. The van der Waals surface area contributed by atoms with Crippen LogP contribution in [-0.4, -0.2) is 18.6 Å². The minimum Gasteiger partial charge on any atom is -0.337 e. The molecule has 6 nitrogen and oxygen atoms in total. The standard InChI is InChI=1S/C18H18FN3O3S2/c19-14-5-4-6-15(11-14)27(23,24)22-18(8-2-1-3-9-18)17-20-16(21-25-17)13-7-10-26-12-13/h4-7,10-12,22H,1-3,8-9H2. The van der Waals surface area contributed by atoms with E-state index in [4.69, 9.17) is 4.52 Å². The molecular weight excluding hydrogens is 389 g/mol. The SMILES string of the molecule is O=S(=O)(NC1(c2nc(-c3ccsc3)no2)CCCCC1)c1cccc(F)c1. The van der Waals surface area contributed by atoms with Crippen molar-refractivity contribution in [3.05, 3.63) is 52.8 Å². The fraction of sp³-hybridized carbons (Fsp3) is 0.333. The maximum Gasteiger partial charge on any atom is 0.248 e. The van der Waals surface area contributed by atoms with Gasteiger partial charge in [-0.15, -0.1) is 0 Å². The van der Waals surface area contributed by atoms with Crippen molar-refractivity contribution in [1.82, 2.24) is 14.9 Å². The van der Waals surface area contributed by atoms with Crippen LogP contribution in [0.15, 0.2) is 50.5 Å². The van der Waals surface area contributed by atoms with Gasteiger partial charge >= 0.3 is 0 Å². The Labute approximate surface area is 160 Å². The van der Waals surface area contributed by atoms with Crippen LogP contribution in [0.4, 0.5) is 4.39 Å². The van der Waals surface area contributed by atoms with Crippen LogP contribution in [0.2, 0.25) is 0 Å². The van der Waals surface area contributed by atoms with E-state index in [0.29, 0.717) is 18.7 Å². The van der Waals surface area contributed by atoms with Crippen LogP contribution < -0.4 is 4.72 Å². The largest absolute Gasteiger partial charge is 0.337 e. The number of aromatic nitrogens is 2. The number of sulfonamides is 1. The molecule has 1 N–H and O–H groups in total. The van der Waals surface area contributed by atoms with E-state index in [-0.39, 0.29) is 10.8 Å². The van der Waals surface area contributed by atoms with Gasteiger partial charge in [-0.3, -0.25) is 0 Å². The number of hydrogen-bond donors (Lipinski definition) is 1. The molecule has 2 heterocycles. The first-order valence-electron chi connectivity index (χ1n) is 8.65. The van der Waals surface area contributed by atoms with Gasteiger partial charge in [0, 0.05) is 10.9 Å². The second-order valence-corrected chi connectivity index (χ2v) is 9.10. The molecule has 2 aromatic heterocycles. The lowest BCUT2D eigenvalue weighted by molar-refractivity contribution is 0.199. The van der Waals surface area contributed by atoms with Gasteiger partial charge in [-0.1, -0.05) is 30.5 Å². The van der Waals surface area contributed by atoms with Crippen LogP contribution in [0, 0.1) is 5.82 Å². The first-order valence-corrected chi connectivity index (χ1v) is 11.1. The summed E-state index contributed by atoms with van der Waals surface area (Å²) in [6.07, 6.45) is 3.78. The highest BCUT2D eigenvalue weighted by molar-refractivity contribution is 7.89. The maximum absolute atomic E-state index is 13.5. The van der Waals surface area contributed by atoms with Crippen LogP contribution in [-0.2, 0) is 15.6 Å². The Morgan fingerprint density at radius 3 is 2.70 bits per heavy atom. The van der Waals surface area contributed by atoms with Gasteiger partial charge in [0.2, 0.25) is 21.7 Å². The average Bonchev–Trinajstić information content (AvgIpc) is 3.34. The van der Waals surface area contributed by atoms with Crippen LogP contribution in [0.5, 0.6) is 0 Å². The fourth-order valence-electron chi connectivity index (χ4n) is 3.39. The molecule has 1 fully saturated rings. The predicted octanol–water partition coefficient (Wildman–Crippen LogP) is 4.08. The minimum atomic E-state index is -3.95. The van der Waals surface area contributed by atoms with E-state index in [9.17, 15) is 12.8 Å².